The Morgan fingerprint density at radius 1 is 1.43 bits per heavy atom. The summed E-state index contributed by atoms with van der Waals surface area (Å²) >= 11 is 0. The van der Waals surface area contributed by atoms with Gasteiger partial charge in [-0.1, -0.05) is 20.8 Å². The summed E-state index contributed by atoms with van der Waals surface area (Å²) in [6.45, 7) is 6.68. The second kappa shape index (κ2) is 5.72. The quantitative estimate of drug-likeness (QED) is 0.620. The monoisotopic (exact) mass is 288 g/mol. The van der Waals surface area contributed by atoms with Crippen molar-refractivity contribution in [3.63, 3.8) is 0 Å². The molecule has 1 saturated carbocycles. The molecule has 0 saturated heterocycles. The van der Waals surface area contributed by atoms with Crippen LogP contribution in [-0.2, 0) is 0 Å². The molecule has 0 spiro atoms. The molecule has 2 rings (SSSR count). The number of rotatable bonds is 3. The third kappa shape index (κ3) is 3.72. The summed E-state index contributed by atoms with van der Waals surface area (Å²) in [6.07, 6.45) is 3.20. The maximum Gasteiger partial charge on any atom is 0.287 e. The third-order valence-electron chi connectivity index (χ3n) is 3.93. The molecule has 2 atom stereocenters. The lowest BCUT2D eigenvalue weighted by Crippen LogP contribution is -2.34. The van der Waals surface area contributed by atoms with Crippen LogP contribution in [0.5, 0.6) is 5.75 Å². The highest BCUT2D eigenvalue weighted by Gasteiger charge is 2.33. The Labute approximate surface area is 124 Å². The summed E-state index contributed by atoms with van der Waals surface area (Å²) < 4.78 is 5.96. The van der Waals surface area contributed by atoms with E-state index in [1.165, 1.54) is 18.6 Å². The van der Waals surface area contributed by atoms with Gasteiger partial charge in [0.05, 0.1) is 11.0 Å². The van der Waals surface area contributed by atoms with E-state index in [-0.39, 0.29) is 22.8 Å². The average molecular weight is 288 g/mol. The van der Waals surface area contributed by atoms with Crippen LogP contribution >= 0.6 is 0 Å². The lowest BCUT2D eigenvalue weighted by molar-refractivity contribution is -0.385. The minimum Gasteiger partial charge on any atom is -0.490 e. The molecular weight excluding hydrogens is 268 g/mol. The Kier molecular flexibility index (Phi) is 4.17. The molecule has 112 valence electrons. The van der Waals surface area contributed by atoms with Crippen molar-refractivity contribution in [2.24, 2.45) is 11.3 Å². The lowest BCUT2D eigenvalue weighted by Gasteiger charge is -2.38. The van der Waals surface area contributed by atoms with Crippen molar-refractivity contribution in [2.75, 3.05) is 0 Å². The number of nitro benzene ring substituents is 1. The number of hydrogen-bond donors (Lipinski definition) is 0. The first-order valence-electron chi connectivity index (χ1n) is 7.16. The summed E-state index contributed by atoms with van der Waals surface area (Å²) in [5.74, 6) is 1.12. The molecule has 5 nitrogen and oxygen atoms in total. The first kappa shape index (κ1) is 15.3. The van der Waals surface area contributed by atoms with E-state index >= 15 is 0 Å². The average Bonchev–Trinajstić information content (AvgIpc) is 2.35. The van der Waals surface area contributed by atoms with E-state index in [0.717, 1.165) is 12.8 Å². The molecule has 1 aromatic carbocycles. The van der Waals surface area contributed by atoms with Crippen molar-refractivity contribution >= 4 is 5.69 Å². The van der Waals surface area contributed by atoms with E-state index in [0.29, 0.717) is 11.7 Å². The van der Waals surface area contributed by atoms with E-state index in [1.807, 2.05) is 6.07 Å². The van der Waals surface area contributed by atoms with Crippen molar-refractivity contribution in [1.29, 1.82) is 5.26 Å². The van der Waals surface area contributed by atoms with Gasteiger partial charge < -0.3 is 4.74 Å². The topological polar surface area (TPSA) is 76.2 Å². The van der Waals surface area contributed by atoms with E-state index in [4.69, 9.17) is 10.00 Å². The smallest absolute Gasteiger partial charge is 0.287 e. The van der Waals surface area contributed by atoms with Crippen molar-refractivity contribution in [3.05, 3.63) is 33.9 Å². The number of ether oxygens (including phenoxy) is 1. The van der Waals surface area contributed by atoms with Crippen LogP contribution in [0.15, 0.2) is 18.2 Å². The molecule has 1 fully saturated rings. The molecule has 0 N–H and O–H groups in total. The molecule has 5 heteroatoms. The van der Waals surface area contributed by atoms with E-state index in [2.05, 4.69) is 20.8 Å². The SMILES string of the molecule is CC1CC(Oc2ccc([N+](=O)[O-])c(C#N)c2)CC(C)(C)C1. The molecule has 0 amide bonds. The van der Waals surface area contributed by atoms with Crippen LogP contribution in [0, 0.1) is 32.8 Å². The Balaban J connectivity index is 2.17. The van der Waals surface area contributed by atoms with Gasteiger partial charge in [-0.15, -0.1) is 0 Å². The largest absolute Gasteiger partial charge is 0.490 e. The third-order valence-corrected chi connectivity index (χ3v) is 3.93. The summed E-state index contributed by atoms with van der Waals surface area (Å²) in [5, 5.41) is 19.8. The van der Waals surface area contributed by atoms with Crippen LogP contribution in [-0.4, -0.2) is 11.0 Å². The zero-order valence-corrected chi connectivity index (χ0v) is 12.6. The fourth-order valence-electron chi connectivity index (χ4n) is 3.38. The van der Waals surface area contributed by atoms with Gasteiger partial charge in [-0.25, -0.2) is 0 Å². The predicted molar refractivity (Wildman–Crippen MR) is 79.0 cm³/mol. The Bertz CT molecular complexity index is 590. The van der Waals surface area contributed by atoms with E-state index < -0.39 is 4.92 Å². The maximum absolute atomic E-state index is 10.8. The van der Waals surface area contributed by atoms with Crippen LogP contribution in [0.1, 0.15) is 45.6 Å². The van der Waals surface area contributed by atoms with Gasteiger partial charge in [-0.2, -0.15) is 5.26 Å². The molecule has 0 radical (unpaired) electrons. The minimum absolute atomic E-state index is 0.0422. The molecule has 0 heterocycles. The molecule has 1 aromatic rings. The van der Waals surface area contributed by atoms with E-state index in [9.17, 15) is 10.1 Å². The standard InChI is InChI=1S/C16H20N2O3/c1-11-6-14(9-16(2,3)8-11)21-13-4-5-15(18(19)20)12(7-13)10-17/h4-5,7,11,14H,6,8-9H2,1-3H3. The van der Waals surface area contributed by atoms with Crippen LogP contribution in [0.3, 0.4) is 0 Å². The Morgan fingerprint density at radius 3 is 2.71 bits per heavy atom. The number of nitrogens with zero attached hydrogens (tertiary/aromatic N) is 2. The van der Waals surface area contributed by atoms with Gasteiger partial charge >= 0.3 is 0 Å². The number of hydrogen-bond acceptors (Lipinski definition) is 4. The molecule has 0 bridgehead atoms. The fourth-order valence-corrected chi connectivity index (χ4v) is 3.38. The van der Waals surface area contributed by atoms with E-state index in [1.54, 1.807) is 6.07 Å². The number of nitro groups is 1. The first-order valence-corrected chi connectivity index (χ1v) is 7.16. The van der Waals surface area contributed by atoms with Crippen molar-refractivity contribution < 1.29 is 9.66 Å². The maximum atomic E-state index is 10.8. The first-order chi connectivity index (χ1) is 9.80. The van der Waals surface area contributed by atoms with Crippen molar-refractivity contribution in [2.45, 2.75) is 46.1 Å². The van der Waals surface area contributed by atoms with Gasteiger partial charge in [0.1, 0.15) is 17.4 Å². The van der Waals surface area contributed by atoms with Crippen molar-refractivity contribution in [1.82, 2.24) is 0 Å². The molecule has 2 unspecified atom stereocenters. The molecule has 1 aliphatic carbocycles. The van der Waals surface area contributed by atoms with Gasteiger partial charge in [-0.05, 0) is 36.7 Å². The van der Waals surface area contributed by atoms with Gasteiger partial charge in [-0.3, -0.25) is 10.1 Å². The van der Waals surface area contributed by atoms with Gasteiger partial charge in [0.2, 0.25) is 0 Å². The normalized spacial score (nSPS) is 24.1. The minimum atomic E-state index is -0.547. The molecule has 0 aromatic heterocycles. The zero-order chi connectivity index (χ0) is 15.6. The second-order valence-electron chi connectivity index (χ2n) is 6.70. The molecule has 0 aliphatic heterocycles. The summed E-state index contributed by atoms with van der Waals surface area (Å²) in [4.78, 5) is 10.3. The molecule has 21 heavy (non-hydrogen) atoms. The van der Waals surface area contributed by atoms with Crippen molar-refractivity contribution in [3.8, 4) is 11.8 Å². The highest BCUT2D eigenvalue weighted by Crippen LogP contribution is 2.40. The van der Waals surface area contributed by atoms with Gasteiger partial charge in [0.25, 0.3) is 5.69 Å². The fraction of sp³-hybridized carbons (Fsp3) is 0.562. The highest BCUT2D eigenvalue weighted by molar-refractivity contribution is 5.52. The summed E-state index contributed by atoms with van der Waals surface area (Å²) in [7, 11) is 0. The summed E-state index contributed by atoms with van der Waals surface area (Å²) in [6, 6.07) is 6.23. The number of nitriles is 1. The van der Waals surface area contributed by atoms with Crippen LogP contribution in [0.2, 0.25) is 0 Å². The van der Waals surface area contributed by atoms with Crippen LogP contribution in [0.25, 0.3) is 0 Å². The summed E-state index contributed by atoms with van der Waals surface area (Å²) in [5.41, 5.74) is 0.101. The highest BCUT2D eigenvalue weighted by atomic mass is 16.6. The Hall–Kier alpha value is -2.09. The second-order valence-corrected chi connectivity index (χ2v) is 6.70. The van der Waals surface area contributed by atoms with Crippen LogP contribution in [0.4, 0.5) is 5.69 Å². The van der Waals surface area contributed by atoms with Gasteiger partial charge in [0.15, 0.2) is 0 Å². The number of benzene rings is 1. The van der Waals surface area contributed by atoms with Gasteiger partial charge in [0, 0.05) is 12.1 Å². The molecule has 1 aliphatic rings. The van der Waals surface area contributed by atoms with Crippen LogP contribution < -0.4 is 4.74 Å². The predicted octanol–water partition coefficient (Wildman–Crippen LogP) is 4.06. The molecular formula is C16H20N2O3. The zero-order valence-electron chi connectivity index (χ0n) is 12.6. The lowest BCUT2D eigenvalue weighted by atomic mass is 9.71. The Morgan fingerprint density at radius 2 is 2.14 bits per heavy atom.